The van der Waals surface area contributed by atoms with Gasteiger partial charge in [0.05, 0.1) is 11.0 Å². The highest BCUT2D eigenvalue weighted by atomic mass is 32.2. The Morgan fingerprint density at radius 2 is 1.80 bits per heavy atom. The summed E-state index contributed by atoms with van der Waals surface area (Å²) in [7, 11) is -3.54. The molecule has 0 aliphatic carbocycles. The normalized spacial score (nSPS) is 22.7. The Bertz CT molecular complexity index is 972. The smallest absolute Gasteiger partial charge is 0.251 e. The molecule has 1 N–H and O–H groups in total. The van der Waals surface area contributed by atoms with Crippen LogP contribution >= 0.6 is 0 Å². The van der Waals surface area contributed by atoms with Gasteiger partial charge >= 0.3 is 0 Å². The summed E-state index contributed by atoms with van der Waals surface area (Å²) in [6.07, 6.45) is 3.66. The van der Waals surface area contributed by atoms with Crippen molar-refractivity contribution >= 4 is 15.9 Å². The molecule has 2 saturated heterocycles. The number of ether oxygens (including phenoxy) is 1. The monoisotopic (exact) mass is 428 g/mol. The number of hydrogen-bond donors (Lipinski definition) is 1. The summed E-state index contributed by atoms with van der Waals surface area (Å²) in [5.41, 5.74) is 1.48. The van der Waals surface area contributed by atoms with Gasteiger partial charge in [0.25, 0.3) is 5.91 Å². The van der Waals surface area contributed by atoms with E-state index in [9.17, 15) is 13.2 Å². The molecular weight excluding hydrogens is 400 g/mol. The molecule has 0 bridgehead atoms. The summed E-state index contributed by atoms with van der Waals surface area (Å²) >= 11 is 0. The van der Waals surface area contributed by atoms with E-state index in [-0.39, 0.29) is 22.8 Å². The lowest BCUT2D eigenvalue weighted by atomic mass is 9.89. The quantitative estimate of drug-likeness (QED) is 0.765. The second kappa shape index (κ2) is 9.29. The first kappa shape index (κ1) is 21.0. The van der Waals surface area contributed by atoms with E-state index < -0.39 is 10.0 Å². The van der Waals surface area contributed by atoms with Crippen LogP contribution in [0.25, 0.3) is 0 Å². The van der Waals surface area contributed by atoms with Crippen molar-refractivity contribution < 1.29 is 17.9 Å². The standard InChI is InChI=1S/C23H28N2O4S/c26-23(19-10-6-12-21(16-19)30(27,28)25-13-4-5-14-25)24-17-20-11-7-15-29-22(20)18-8-2-1-3-9-18/h1-3,6,8-10,12,16,20,22H,4-5,7,11,13-15,17H2,(H,24,26). The van der Waals surface area contributed by atoms with E-state index in [4.69, 9.17) is 4.74 Å². The molecule has 1 amide bonds. The molecule has 0 saturated carbocycles. The van der Waals surface area contributed by atoms with Gasteiger partial charge in [-0.25, -0.2) is 8.42 Å². The maximum absolute atomic E-state index is 12.8. The third kappa shape index (κ3) is 4.58. The van der Waals surface area contributed by atoms with Crippen molar-refractivity contribution in [2.75, 3.05) is 26.2 Å². The first-order valence-electron chi connectivity index (χ1n) is 10.6. The molecule has 160 valence electrons. The van der Waals surface area contributed by atoms with E-state index in [0.29, 0.717) is 25.2 Å². The van der Waals surface area contributed by atoms with Crippen molar-refractivity contribution in [1.29, 1.82) is 0 Å². The van der Waals surface area contributed by atoms with Crippen LogP contribution in [0.1, 0.15) is 47.7 Å². The van der Waals surface area contributed by atoms with E-state index >= 15 is 0 Å². The Labute approximate surface area is 178 Å². The molecular formula is C23H28N2O4S. The first-order chi connectivity index (χ1) is 14.6. The maximum atomic E-state index is 12.8. The van der Waals surface area contributed by atoms with E-state index in [0.717, 1.165) is 37.9 Å². The number of hydrogen-bond acceptors (Lipinski definition) is 4. The van der Waals surface area contributed by atoms with Crippen LogP contribution in [0.2, 0.25) is 0 Å². The molecule has 2 fully saturated rings. The molecule has 7 heteroatoms. The second-order valence-corrected chi connectivity index (χ2v) is 9.89. The number of carbonyl (C=O) groups is 1. The van der Waals surface area contributed by atoms with Gasteiger partial charge in [-0.3, -0.25) is 4.79 Å². The molecule has 2 aromatic rings. The van der Waals surface area contributed by atoms with Gasteiger partial charge in [-0.2, -0.15) is 4.31 Å². The fraction of sp³-hybridized carbons (Fsp3) is 0.435. The molecule has 0 spiro atoms. The Hall–Kier alpha value is -2.22. The minimum absolute atomic E-state index is 0.0397. The zero-order valence-corrected chi connectivity index (χ0v) is 17.8. The molecule has 30 heavy (non-hydrogen) atoms. The number of nitrogens with zero attached hydrogens (tertiary/aromatic N) is 1. The highest BCUT2D eigenvalue weighted by molar-refractivity contribution is 7.89. The van der Waals surface area contributed by atoms with Gasteiger partial charge in [0.2, 0.25) is 10.0 Å². The highest BCUT2D eigenvalue weighted by Crippen LogP contribution is 2.33. The third-order valence-corrected chi connectivity index (χ3v) is 7.79. The number of carbonyl (C=O) groups excluding carboxylic acids is 1. The fourth-order valence-corrected chi connectivity index (χ4v) is 5.83. The lowest BCUT2D eigenvalue weighted by Crippen LogP contribution is -2.35. The van der Waals surface area contributed by atoms with Gasteiger partial charge < -0.3 is 10.1 Å². The lowest BCUT2D eigenvalue weighted by molar-refractivity contribution is -0.0272. The van der Waals surface area contributed by atoms with Crippen LogP contribution < -0.4 is 5.32 Å². The largest absolute Gasteiger partial charge is 0.373 e. The number of sulfonamides is 1. The van der Waals surface area contributed by atoms with E-state index in [1.54, 1.807) is 18.2 Å². The summed E-state index contributed by atoms with van der Waals surface area (Å²) in [6.45, 7) is 2.30. The topological polar surface area (TPSA) is 75.7 Å². The van der Waals surface area contributed by atoms with Gasteiger partial charge in [-0.05, 0) is 49.4 Å². The highest BCUT2D eigenvalue weighted by Gasteiger charge is 2.29. The van der Waals surface area contributed by atoms with Crippen molar-refractivity contribution in [2.24, 2.45) is 5.92 Å². The maximum Gasteiger partial charge on any atom is 0.251 e. The van der Waals surface area contributed by atoms with Gasteiger partial charge in [0.15, 0.2) is 0 Å². The zero-order chi connectivity index (χ0) is 21.0. The molecule has 2 aliphatic rings. The first-order valence-corrected chi connectivity index (χ1v) is 12.0. The number of benzene rings is 2. The second-order valence-electron chi connectivity index (χ2n) is 7.95. The van der Waals surface area contributed by atoms with E-state index in [2.05, 4.69) is 17.4 Å². The van der Waals surface area contributed by atoms with Crippen LogP contribution in [0, 0.1) is 5.92 Å². The molecule has 6 nitrogen and oxygen atoms in total. The van der Waals surface area contributed by atoms with Crippen molar-refractivity contribution in [3.63, 3.8) is 0 Å². The predicted molar refractivity (Wildman–Crippen MR) is 115 cm³/mol. The summed E-state index contributed by atoms with van der Waals surface area (Å²) in [4.78, 5) is 13.0. The Morgan fingerprint density at radius 3 is 2.57 bits per heavy atom. The molecule has 2 aromatic carbocycles. The van der Waals surface area contributed by atoms with Gasteiger partial charge in [0.1, 0.15) is 0 Å². The molecule has 2 unspecified atom stereocenters. The molecule has 0 aromatic heterocycles. The van der Waals surface area contributed by atoms with Crippen LogP contribution in [0.3, 0.4) is 0 Å². The van der Waals surface area contributed by atoms with Gasteiger partial charge in [0, 0.05) is 37.7 Å². The van der Waals surface area contributed by atoms with Gasteiger partial charge in [-0.15, -0.1) is 0 Å². The molecule has 2 heterocycles. The average Bonchev–Trinajstić information content (AvgIpc) is 3.34. The summed E-state index contributed by atoms with van der Waals surface area (Å²) < 4.78 is 33.1. The fourth-order valence-electron chi connectivity index (χ4n) is 4.26. The Kier molecular flexibility index (Phi) is 6.51. The van der Waals surface area contributed by atoms with Crippen molar-refractivity contribution in [3.05, 3.63) is 65.7 Å². The zero-order valence-electron chi connectivity index (χ0n) is 17.0. The molecule has 2 aliphatic heterocycles. The van der Waals surface area contributed by atoms with Crippen LogP contribution in [0.15, 0.2) is 59.5 Å². The van der Waals surface area contributed by atoms with Crippen LogP contribution in [0.4, 0.5) is 0 Å². The molecule has 0 radical (unpaired) electrons. The van der Waals surface area contributed by atoms with Crippen LogP contribution in [-0.2, 0) is 14.8 Å². The summed E-state index contributed by atoms with van der Waals surface area (Å²) in [5.74, 6) is -0.0764. The molecule has 4 rings (SSSR count). The third-order valence-electron chi connectivity index (χ3n) is 5.90. The van der Waals surface area contributed by atoms with E-state index in [1.165, 1.54) is 10.4 Å². The average molecular weight is 429 g/mol. The molecule has 2 atom stereocenters. The summed E-state index contributed by atoms with van der Waals surface area (Å²) in [5, 5.41) is 2.99. The van der Waals surface area contributed by atoms with Gasteiger partial charge in [-0.1, -0.05) is 36.4 Å². The van der Waals surface area contributed by atoms with Crippen LogP contribution in [-0.4, -0.2) is 44.9 Å². The Morgan fingerprint density at radius 1 is 1.03 bits per heavy atom. The minimum atomic E-state index is -3.54. The van der Waals surface area contributed by atoms with Crippen molar-refractivity contribution in [1.82, 2.24) is 9.62 Å². The number of rotatable bonds is 6. The SMILES string of the molecule is O=C(NCC1CCCOC1c1ccccc1)c1cccc(S(=O)(=O)N2CCCC2)c1. The van der Waals surface area contributed by atoms with Crippen molar-refractivity contribution in [2.45, 2.75) is 36.7 Å². The van der Waals surface area contributed by atoms with Crippen molar-refractivity contribution in [3.8, 4) is 0 Å². The predicted octanol–water partition coefficient (Wildman–Crippen LogP) is 3.37. The van der Waals surface area contributed by atoms with E-state index in [1.807, 2.05) is 18.2 Å². The van der Waals surface area contributed by atoms with Crippen LogP contribution in [0.5, 0.6) is 0 Å². The lowest BCUT2D eigenvalue weighted by Gasteiger charge is -2.32. The summed E-state index contributed by atoms with van der Waals surface area (Å²) in [6, 6.07) is 16.4. The number of amides is 1. The Balaban J connectivity index is 1.44. The number of nitrogens with one attached hydrogen (secondary N) is 1. The minimum Gasteiger partial charge on any atom is -0.373 e.